The van der Waals surface area contributed by atoms with Crippen LogP contribution in [0.2, 0.25) is 0 Å². The molecule has 18 heavy (non-hydrogen) atoms. The molecule has 3 nitrogen and oxygen atoms in total. The van der Waals surface area contributed by atoms with Crippen LogP contribution in [0.5, 0.6) is 0 Å². The van der Waals surface area contributed by atoms with Crippen LogP contribution in [0.1, 0.15) is 45.4 Å². The first-order valence-electron chi connectivity index (χ1n) is 7.75. The molecule has 0 aromatic carbocycles. The van der Waals surface area contributed by atoms with Gasteiger partial charge in [0.25, 0.3) is 0 Å². The first-order chi connectivity index (χ1) is 8.61. The highest BCUT2D eigenvalue weighted by Crippen LogP contribution is 2.31. The smallest absolute Gasteiger partial charge is 0.0309 e. The van der Waals surface area contributed by atoms with Gasteiger partial charge in [0.15, 0.2) is 0 Å². The molecule has 2 aliphatic rings. The summed E-state index contributed by atoms with van der Waals surface area (Å²) in [7, 11) is 4.35. The first kappa shape index (κ1) is 14.3. The zero-order valence-electron chi connectivity index (χ0n) is 12.5. The summed E-state index contributed by atoms with van der Waals surface area (Å²) >= 11 is 0. The molecule has 2 rings (SSSR count). The molecule has 0 amide bonds. The van der Waals surface area contributed by atoms with Crippen LogP contribution in [-0.2, 0) is 0 Å². The molecule has 0 aromatic heterocycles. The summed E-state index contributed by atoms with van der Waals surface area (Å²) in [4.78, 5) is 5.03. The maximum atomic E-state index is 3.83. The molecule has 1 aliphatic heterocycles. The van der Waals surface area contributed by atoms with Gasteiger partial charge in [-0.3, -0.25) is 4.90 Å². The van der Waals surface area contributed by atoms with Crippen LogP contribution in [0.15, 0.2) is 0 Å². The fourth-order valence-electron chi connectivity index (χ4n) is 3.56. The lowest BCUT2D eigenvalue weighted by molar-refractivity contribution is 0.0680. The van der Waals surface area contributed by atoms with Crippen molar-refractivity contribution in [1.82, 2.24) is 15.1 Å². The van der Waals surface area contributed by atoms with Gasteiger partial charge in [0.2, 0.25) is 0 Å². The minimum atomic E-state index is 0.461. The number of hydrogen-bond acceptors (Lipinski definition) is 3. The SMILES string of the molecule is CC(CCN(C)C)N1CCNC2(CCCCC2)C1. The van der Waals surface area contributed by atoms with E-state index in [1.807, 2.05) is 0 Å². The van der Waals surface area contributed by atoms with Gasteiger partial charge in [0.1, 0.15) is 0 Å². The monoisotopic (exact) mass is 253 g/mol. The van der Waals surface area contributed by atoms with Gasteiger partial charge in [-0.25, -0.2) is 0 Å². The molecule has 1 unspecified atom stereocenters. The zero-order valence-corrected chi connectivity index (χ0v) is 12.5. The number of nitrogens with one attached hydrogen (secondary N) is 1. The van der Waals surface area contributed by atoms with Crippen molar-refractivity contribution in [3.05, 3.63) is 0 Å². The fraction of sp³-hybridized carbons (Fsp3) is 1.00. The van der Waals surface area contributed by atoms with E-state index in [2.05, 4.69) is 36.1 Å². The number of piperazine rings is 1. The Morgan fingerprint density at radius 3 is 2.61 bits per heavy atom. The maximum absolute atomic E-state index is 3.83. The summed E-state index contributed by atoms with van der Waals surface area (Å²) < 4.78 is 0. The molecule has 1 spiro atoms. The Morgan fingerprint density at radius 2 is 1.94 bits per heavy atom. The van der Waals surface area contributed by atoms with E-state index in [1.54, 1.807) is 0 Å². The molecular weight excluding hydrogens is 222 g/mol. The second kappa shape index (κ2) is 6.36. The van der Waals surface area contributed by atoms with Gasteiger partial charge in [-0.2, -0.15) is 0 Å². The Hall–Kier alpha value is -0.120. The lowest BCUT2D eigenvalue weighted by Gasteiger charge is -2.48. The van der Waals surface area contributed by atoms with Crippen LogP contribution in [0.25, 0.3) is 0 Å². The summed E-state index contributed by atoms with van der Waals surface area (Å²) in [5.74, 6) is 0. The minimum Gasteiger partial charge on any atom is -0.309 e. The van der Waals surface area contributed by atoms with Crippen molar-refractivity contribution in [2.24, 2.45) is 0 Å². The Morgan fingerprint density at radius 1 is 1.22 bits per heavy atom. The summed E-state index contributed by atoms with van der Waals surface area (Å²) in [5, 5.41) is 3.83. The van der Waals surface area contributed by atoms with Crippen molar-refractivity contribution >= 4 is 0 Å². The van der Waals surface area contributed by atoms with Crippen LogP contribution in [0.4, 0.5) is 0 Å². The van der Waals surface area contributed by atoms with Crippen LogP contribution >= 0.6 is 0 Å². The molecule has 0 aromatic rings. The average Bonchev–Trinajstić information content (AvgIpc) is 2.37. The predicted molar refractivity (Wildman–Crippen MR) is 78.0 cm³/mol. The lowest BCUT2D eigenvalue weighted by Crippen LogP contribution is -2.62. The Kier molecular flexibility index (Phi) is 5.05. The summed E-state index contributed by atoms with van der Waals surface area (Å²) in [6, 6.07) is 0.730. The highest BCUT2D eigenvalue weighted by molar-refractivity contribution is 4.97. The molecule has 0 radical (unpaired) electrons. The van der Waals surface area contributed by atoms with E-state index in [0.29, 0.717) is 5.54 Å². The van der Waals surface area contributed by atoms with Crippen molar-refractivity contribution in [2.75, 3.05) is 40.3 Å². The highest BCUT2D eigenvalue weighted by atomic mass is 15.2. The molecule has 1 N–H and O–H groups in total. The topological polar surface area (TPSA) is 18.5 Å². The van der Waals surface area contributed by atoms with Crippen molar-refractivity contribution in [2.45, 2.75) is 57.0 Å². The van der Waals surface area contributed by atoms with Crippen molar-refractivity contribution < 1.29 is 0 Å². The third-order valence-electron chi connectivity index (χ3n) is 4.83. The minimum absolute atomic E-state index is 0.461. The largest absolute Gasteiger partial charge is 0.309 e. The number of hydrogen-bond donors (Lipinski definition) is 1. The van der Waals surface area contributed by atoms with Gasteiger partial charge in [-0.1, -0.05) is 19.3 Å². The molecule has 1 atom stereocenters. The van der Waals surface area contributed by atoms with Crippen molar-refractivity contribution in [3.63, 3.8) is 0 Å². The maximum Gasteiger partial charge on any atom is 0.0309 e. The second-order valence-electron chi connectivity index (χ2n) is 6.68. The van der Waals surface area contributed by atoms with E-state index in [9.17, 15) is 0 Å². The second-order valence-corrected chi connectivity index (χ2v) is 6.68. The Balaban J connectivity index is 1.85. The first-order valence-corrected chi connectivity index (χ1v) is 7.75. The van der Waals surface area contributed by atoms with Crippen LogP contribution < -0.4 is 5.32 Å². The van der Waals surface area contributed by atoms with Gasteiger partial charge in [-0.05, 0) is 46.8 Å². The number of rotatable bonds is 4. The average molecular weight is 253 g/mol. The van der Waals surface area contributed by atoms with Crippen LogP contribution in [0, 0.1) is 0 Å². The van der Waals surface area contributed by atoms with Gasteiger partial charge in [0, 0.05) is 31.2 Å². The van der Waals surface area contributed by atoms with Gasteiger partial charge >= 0.3 is 0 Å². The standard InChI is InChI=1S/C15H31N3/c1-14(7-11-17(2)3)18-12-10-16-15(13-18)8-5-4-6-9-15/h14,16H,4-13H2,1-3H3. The van der Waals surface area contributed by atoms with Crippen molar-refractivity contribution in [1.29, 1.82) is 0 Å². The Labute approximate surface area is 113 Å². The van der Waals surface area contributed by atoms with Gasteiger partial charge in [0.05, 0.1) is 0 Å². The molecule has 1 heterocycles. The van der Waals surface area contributed by atoms with E-state index in [0.717, 1.165) is 6.04 Å². The van der Waals surface area contributed by atoms with Crippen LogP contribution in [-0.4, -0.2) is 61.7 Å². The summed E-state index contributed by atoms with van der Waals surface area (Å²) in [6.45, 7) is 7.31. The quantitative estimate of drug-likeness (QED) is 0.826. The third kappa shape index (κ3) is 3.69. The number of nitrogens with zero attached hydrogens (tertiary/aromatic N) is 2. The highest BCUT2D eigenvalue weighted by Gasteiger charge is 2.37. The van der Waals surface area contributed by atoms with E-state index >= 15 is 0 Å². The molecule has 3 heteroatoms. The molecule has 106 valence electrons. The Bertz CT molecular complexity index is 241. The summed E-state index contributed by atoms with van der Waals surface area (Å²) in [6.07, 6.45) is 8.37. The van der Waals surface area contributed by atoms with Gasteiger partial charge in [-0.15, -0.1) is 0 Å². The lowest BCUT2D eigenvalue weighted by atomic mass is 9.80. The normalized spacial score (nSPS) is 26.7. The predicted octanol–water partition coefficient (Wildman–Crippen LogP) is 1.93. The summed E-state index contributed by atoms with van der Waals surface area (Å²) in [5.41, 5.74) is 0.461. The third-order valence-corrected chi connectivity index (χ3v) is 4.83. The van der Waals surface area contributed by atoms with Crippen LogP contribution in [0.3, 0.4) is 0 Å². The van der Waals surface area contributed by atoms with E-state index in [-0.39, 0.29) is 0 Å². The molecule has 1 aliphatic carbocycles. The zero-order chi connectivity index (χ0) is 13.0. The molecule has 1 saturated carbocycles. The molecule has 2 fully saturated rings. The van der Waals surface area contributed by atoms with E-state index in [4.69, 9.17) is 0 Å². The van der Waals surface area contributed by atoms with E-state index in [1.165, 1.54) is 64.7 Å². The molecular formula is C15H31N3. The fourth-order valence-corrected chi connectivity index (χ4v) is 3.56. The van der Waals surface area contributed by atoms with Gasteiger partial charge < -0.3 is 10.2 Å². The molecule has 0 bridgehead atoms. The molecule has 1 saturated heterocycles. The van der Waals surface area contributed by atoms with Crippen molar-refractivity contribution in [3.8, 4) is 0 Å². The van der Waals surface area contributed by atoms with E-state index < -0.39 is 0 Å².